The van der Waals surface area contributed by atoms with E-state index < -0.39 is 0 Å². The molecule has 1 aromatic carbocycles. The minimum absolute atomic E-state index is 0.573. The molecule has 112 valence electrons. The Labute approximate surface area is 131 Å². The molecule has 0 bridgehead atoms. The number of hydrogen-bond donors (Lipinski definition) is 1. The van der Waals surface area contributed by atoms with Gasteiger partial charge in [-0.15, -0.1) is 0 Å². The van der Waals surface area contributed by atoms with E-state index >= 15 is 0 Å². The minimum Gasteiger partial charge on any atom is -0.444 e. The molecule has 2 heterocycles. The van der Waals surface area contributed by atoms with Crippen LogP contribution < -0.4 is 4.74 Å². The smallest absolute Gasteiger partial charge is 0.200 e. The number of benzene rings is 1. The zero-order chi connectivity index (χ0) is 15.4. The number of aromatic nitrogens is 3. The summed E-state index contributed by atoms with van der Waals surface area (Å²) in [6.45, 7) is 1.93. The van der Waals surface area contributed by atoms with E-state index in [0.29, 0.717) is 17.3 Å². The van der Waals surface area contributed by atoms with Gasteiger partial charge in [0.25, 0.3) is 0 Å². The summed E-state index contributed by atoms with van der Waals surface area (Å²) >= 11 is 1.31. The molecule has 0 saturated heterocycles. The van der Waals surface area contributed by atoms with Crippen LogP contribution in [-0.2, 0) is 4.84 Å². The Morgan fingerprint density at radius 3 is 2.86 bits per heavy atom. The number of para-hydroxylation sites is 1. The predicted molar refractivity (Wildman–Crippen MR) is 84.6 cm³/mol. The van der Waals surface area contributed by atoms with Crippen LogP contribution in [0.4, 0.5) is 0 Å². The van der Waals surface area contributed by atoms with Crippen molar-refractivity contribution >= 4 is 17.2 Å². The molecule has 0 saturated carbocycles. The molecule has 6 nitrogen and oxygen atoms in total. The maximum atomic E-state index is 5.93. The zero-order valence-corrected chi connectivity index (χ0v) is 12.9. The molecule has 0 aliphatic rings. The molecule has 1 N–H and O–H groups in total. The second-order valence-corrected chi connectivity index (χ2v) is 5.21. The quantitative estimate of drug-likeness (QED) is 0.579. The number of imidazole rings is 1. The van der Waals surface area contributed by atoms with Gasteiger partial charge >= 0.3 is 0 Å². The number of H-pyrrole nitrogens is 1. The standard InChI is InChI=1S/C15H14N4O2S/c1-10-9-13(22-19-10)21-12-6-4-3-5-11(12)14(18-20-2)15-16-7-8-17-15/h3-9H,1-2H3,(H,16,17)/b18-14+. The lowest BCUT2D eigenvalue weighted by Gasteiger charge is -2.09. The highest BCUT2D eigenvalue weighted by molar-refractivity contribution is 7.07. The van der Waals surface area contributed by atoms with Gasteiger partial charge in [0.1, 0.15) is 12.9 Å². The molecule has 0 unspecified atom stereocenters. The van der Waals surface area contributed by atoms with Crippen molar-refractivity contribution in [1.82, 2.24) is 14.3 Å². The highest BCUT2D eigenvalue weighted by atomic mass is 32.1. The Hall–Kier alpha value is -2.67. The van der Waals surface area contributed by atoms with Gasteiger partial charge in [-0.1, -0.05) is 17.3 Å². The molecule has 2 aromatic heterocycles. The van der Waals surface area contributed by atoms with Gasteiger partial charge in [-0.25, -0.2) is 4.98 Å². The molecule has 0 amide bonds. The van der Waals surface area contributed by atoms with Gasteiger partial charge in [0.2, 0.25) is 0 Å². The van der Waals surface area contributed by atoms with E-state index in [1.54, 1.807) is 12.4 Å². The number of nitrogens with one attached hydrogen (secondary N) is 1. The Morgan fingerprint density at radius 2 is 2.18 bits per heavy atom. The van der Waals surface area contributed by atoms with E-state index in [1.165, 1.54) is 18.6 Å². The van der Waals surface area contributed by atoms with Crippen LogP contribution in [0, 0.1) is 6.92 Å². The van der Waals surface area contributed by atoms with E-state index in [9.17, 15) is 0 Å². The van der Waals surface area contributed by atoms with Crippen LogP contribution in [0.1, 0.15) is 17.1 Å². The molecule has 0 fully saturated rings. The molecular formula is C15H14N4O2S. The number of hydrogen-bond acceptors (Lipinski definition) is 6. The van der Waals surface area contributed by atoms with E-state index in [1.807, 2.05) is 37.3 Å². The first-order chi connectivity index (χ1) is 10.8. The molecule has 0 atom stereocenters. The third kappa shape index (κ3) is 2.99. The minimum atomic E-state index is 0.573. The molecule has 7 heteroatoms. The number of oxime groups is 1. The molecule has 0 aliphatic heterocycles. The van der Waals surface area contributed by atoms with Crippen molar-refractivity contribution in [3.63, 3.8) is 0 Å². The Balaban J connectivity index is 2.01. The Bertz CT molecular complexity index is 780. The first-order valence-electron chi connectivity index (χ1n) is 6.59. The molecule has 0 spiro atoms. The second kappa shape index (κ2) is 6.40. The summed E-state index contributed by atoms with van der Waals surface area (Å²) in [5.74, 6) is 1.27. The Kier molecular flexibility index (Phi) is 4.15. The molecular weight excluding hydrogens is 300 g/mol. The van der Waals surface area contributed by atoms with E-state index in [0.717, 1.165) is 16.3 Å². The molecule has 3 aromatic rings. The van der Waals surface area contributed by atoms with Crippen LogP contribution in [-0.4, -0.2) is 27.2 Å². The number of ether oxygens (including phenoxy) is 1. The molecule has 22 heavy (non-hydrogen) atoms. The summed E-state index contributed by atoms with van der Waals surface area (Å²) in [7, 11) is 1.50. The van der Waals surface area contributed by atoms with Gasteiger partial charge in [-0.05, 0) is 19.1 Å². The van der Waals surface area contributed by atoms with Crippen LogP contribution in [0.15, 0.2) is 47.9 Å². The van der Waals surface area contributed by atoms with Crippen LogP contribution in [0.5, 0.6) is 10.8 Å². The Morgan fingerprint density at radius 1 is 1.32 bits per heavy atom. The van der Waals surface area contributed by atoms with E-state index in [4.69, 9.17) is 9.57 Å². The molecule has 0 aliphatic carbocycles. The third-order valence-electron chi connectivity index (χ3n) is 2.86. The van der Waals surface area contributed by atoms with Crippen molar-refractivity contribution in [3.8, 4) is 10.8 Å². The van der Waals surface area contributed by atoms with Crippen molar-refractivity contribution in [2.45, 2.75) is 6.92 Å². The van der Waals surface area contributed by atoms with Gasteiger partial charge in [-0.2, -0.15) is 4.37 Å². The van der Waals surface area contributed by atoms with E-state index in [-0.39, 0.29) is 0 Å². The zero-order valence-electron chi connectivity index (χ0n) is 12.1. The normalized spacial score (nSPS) is 11.5. The fraction of sp³-hybridized carbons (Fsp3) is 0.133. The van der Waals surface area contributed by atoms with Crippen molar-refractivity contribution in [3.05, 3.63) is 59.8 Å². The van der Waals surface area contributed by atoms with Crippen LogP contribution in [0.25, 0.3) is 0 Å². The summed E-state index contributed by atoms with van der Waals surface area (Å²) in [4.78, 5) is 12.2. The van der Waals surface area contributed by atoms with E-state index in [2.05, 4.69) is 19.5 Å². The topological polar surface area (TPSA) is 72.4 Å². The highest BCUT2D eigenvalue weighted by Gasteiger charge is 2.16. The fourth-order valence-corrected chi connectivity index (χ4v) is 2.59. The third-order valence-corrected chi connectivity index (χ3v) is 3.62. The van der Waals surface area contributed by atoms with Crippen molar-refractivity contribution in [1.29, 1.82) is 0 Å². The van der Waals surface area contributed by atoms with Crippen LogP contribution >= 0.6 is 11.5 Å². The second-order valence-electron chi connectivity index (χ2n) is 4.45. The molecule has 3 rings (SSSR count). The van der Waals surface area contributed by atoms with Gasteiger partial charge < -0.3 is 14.6 Å². The number of aryl methyl sites for hydroxylation is 1. The summed E-state index contributed by atoms with van der Waals surface area (Å²) in [6.07, 6.45) is 3.40. The predicted octanol–water partition coefficient (Wildman–Crippen LogP) is 3.37. The number of nitrogens with zero attached hydrogens (tertiary/aromatic N) is 3. The summed E-state index contributed by atoms with van der Waals surface area (Å²) in [5, 5.41) is 4.80. The van der Waals surface area contributed by atoms with Crippen LogP contribution in [0.2, 0.25) is 0 Å². The van der Waals surface area contributed by atoms with Gasteiger partial charge in [0, 0.05) is 30.0 Å². The van der Waals surface area contributed by atoms with Crippen LogP contribution in [0.3, 0.4) is 0 Å². The van der Waals surface area contributed by atoms with Gasteiger partial charge in [-0.3, -0.25) is 0 Å². The summed E-state index contributed by atoms with van der Waals surface area (Å²) < 4.78 is 10.2. The number of rotatable bonds is 5. The first-order valence-corrected chi connectivity index (χ1v) is 7.36. The SMILES string of the molecule is CO/N=C(/c1ncc[nH]1)c1ccccc1Oc1cc(C)ns1. The average molecular weight is 314 g/mol. The molecule has 0 radical (unpaired) electrons. The number of aromatic amines is 1. The van der Waals surface area contributed by atoms with Crippen molar-refractivity contribution in [2.75, 3.05) is 7.11 Å². The lowest BCUT2D eigenvalue weighted by Crippen LogP contribution is -2.08. The maximum absolute atomic E-state index is 5.93. The lowest BCUT2D eigenvalue weighted by atomic mass is 10.1. The monoisotopic (exact) mass is 314 g/mol. The van der Waals surface area contributed by atoms with Crippen molar-refractivity contribution in [2.24, 2.45) is 5.16 Å². The summed E-state index contributed by atoms with van der Waals surface area (Å²) in [6, 6.07) is 9.48. The summed E-state index contributed by atoms with van der Waals surface area (Å²) in [5.41, 5.74) is 2.28. The largest absolute Gasteiger partial charge is 0.444 e. The van der Waals surface area contributed by atoms with Gasteiger partial charge in [0.15, 0.2) is 16.6 Å². The first kappa shape index (κ1) is 14.3. The fourth-order valence-electron chi connectivity index (χ4n) is 1.95. The lowest BCUT2D eigenvalue weighted by molar-refractivity contribution is 0.213. The average Bonchev–Trinajstić information content (AvgIpc) is 3.18. The van der Waals surface area contributed by atoms with Crippen molar-refractivity contribution < 1.29 is 9.57 Å². The highest BCUT2D eigenvalue weighted by Crippen LogP contribution is 2.30. The van der Waals surface area contributed by atoms with Gasteiger partial charge in [0.05, 0.1) is 11.3 Å². The maximum Gasteiger partial charge on any atom is 0.200 e.